The molecule has 3 unspecified atom stereocenters. The Kier molecular flexibility index (Phi) is 5.83. The Morgan fingerprint density at radius 3 is 2.55 bits per heavy atom. The molecule has 0 saturated carbocycles. The number of aromatic hydroxyl groups is 1. The van der Waals surface area contributed by atoms with Gasteiger partial charge in [-0.15, -0.1) is 0 Å². The molecule has 6 heteroatoms. The van der Waals surface area contributed by atoms with E-state index in [1.54, 1.807) is 19.1 Å². The Balaban J connectivity index is 1.33. The zero-order valence-corrected chi connectivity index (χ0v) is 16.6. The summed E-state index contributed by atoms with van der Waals surface area (Å²) in [6.07, 6.45) is 0.540. The van der Waals surface area contributed by atoms with E-state index in [0.29, 0.717) is 36.7 Å². The third kappa shape index (κ3) is 4.43. The second kappa shape index (κ2) is 8.36. The molecule has 0 aromatic heterocycles. The van der Waals surface area contributed by atoms with Gasteiger partial charge in [-0.3, -0.25) is 9.80 Å². The van der Waals surface area contributed by atoms with Gasteiger partial charge >= 0.3 is 0 Å². The molecular weight excluding hydrogens is 377 g/mol. The number of phenolic OH excluding ortho intramolecular Hbond substituents is 1. The lowest BCUT2D eigenvalue weighted by Gasteiger charge is -2.38. The van der Waals surface area contributed by atoms with Gasteiger partial charge in [0.15, 0.2) is 11.6 Å². The SMILES string of the molecule is Cc1ccc(CN2CCC(N3CCC(c4ccc(O)c(F)c4)C(F)C3)C2)cc1F. The van der Waals surface area contributed by atoms with Crippen molar-refractivity contribution in [2.45, 2.75) is 44.4 Å². The van der Waals surface area contributed by atoms with Gasteiger partial charge in [0.1, 0.15) is 12.0 Å². The van der Waals surface area contributed by atoms with Crippen LogP contribution in [0.1, 0.15) is 35.4 Å². The highest BCUT2D eigenvalue weighted by Gasteiger charge is 2.36. The molecule has 0 amide bonds. The van der Waals surface area contributed by atoms with Gasteiger partial charge in [0, 0.05) is 38.1 Å². The van der Waals surface area contributed by atoms with Crippen LogP contribution in [0.3, 0.4) is 0 Å². The highest BCUT2D eigenvalue weighted by atomic mass is 19.1. The van der Waals surface area contributed by atoms with Crippen molar-refractivity contribution in [3.8, 4) is 5.75 Å². The van der Waals surface area contributed by atoms with E-state index in [1.165, 1.54) is 12.1 Å². The quantitative estimate of drug-likeness (QED) is 0.819. The summed E-state index contributed by atoms with van der Waals surface area (Å²) in [6, 6.07) is 9.83. The molecule has 0 radical (unpaired) electrons. The van der Waals surface area contributed by atoms with Gasteiger partial charge in [-0.05, 0) is 61.2 Å². The van der Waals surface area contributed by atoms with Crippen LogP contribution in [0.25, 0.3) is 0 Å². The first-order chi connectivity index (χ1) is 13.9. The number of hydrogen-bond donors (Lipinski definition) is 1. The maximum absolute atomic E-state index is 14.9. The van der Waals surface area contributed by atoms with E-state index in [2.05, 4.69) is 9.80 Å². The Morgan fingerprint density at radius 2 is 1.83 bits per heavy atom. The van der Waals surface area contributed by atoms with E-state index in [4.69, 9.17) is 0 Å². The average molecular weight is 404 g/mol. The van der Waals surface area contributed by atoms with Crippen LogP contribution in [0.5, 0.6) is 5.75 Å². The number of halogens is 3. The van der Waals surface area contributed by atoms with Crippen molar-refractivity contribution in [1.82, 2.24) is 9.80 Å². The molecule has 2 aliphatic heterocycles. The first kappa shape index (κ1) is 20.2. The van der Waals surface area contributed by atoms with Gasteiger partial charge in [-0.25, -0.2) is 13.2 Å². The van der Waals surface area contributed by atoms with E-state index in [9.17, 15) is 18.3 Å². The number of phenols is 1. The van der Waals surface area contributed by atoms with Gasteiger partial charge in [0.25, 0.3) is 0 Å². The Morgan fingerprint density at radius 1 is 1.00 bits per heavy atom. The third-order valence-corrected chi connectivity index (χ3v) is 6.38. The summed E-state index contributed by atoms with van der Waals surface area (Å²) in [5.74, 6) is -1.61. The molecule has 3 nitrogen and oxygen atoms in total. The first-order valence-corrected chi connectivity index (χ1v) is 10.2. The summed E-state index contributed by atoms with van der Waals surface area (Å²) in [5.41, 5.74) is 2.23. The van der Waals surface area contributed by atoms with Crippen LogP contribution < -0.4 is 0 Å². The van der Waals surface area contributed by atoms with Gasteiger partial charge < -0.3 is 5.11 Å². The molecule has 29 heavy (non-hydrogen) atoms. The average Bonchev–Trinajstić information content (AvgIpc) is 3.15. The summed E-state index contributed by atoms with van der Waals surface area (Å²) >= 11 is 0. The second-order valence-electron chi connectivity index (χ2n) is 8.38. The summed E-state index contributed by atoms with van der Waals surface area (Å²) in [6.45, 7) is 5.33. The number of rotatable bonds is 4. The van der Waals surface area contributed by atoms with Gasteiger partial charge in [-0.2, -0.15) is 0 Å². The second-order valence-corrected chi connectivity index (χ2v) is 8.38. The van der Waals surface area contributed by atoms with Crippen molar-refractivity contribution < 1.29 is 18.3 Å². The molecular formula is C23H27F3N2O. The van der Waals surface area contributed by atoms with E-state index >= 15 is 0 Å². The monoisotopic (exact) mass is 404 g/mol. The minimum atomic E-state index is -1.06. The molecule has 2 aromatic rings. The van der Waals surface area contributed by atoms with E-state index in [-0.39, 0.29) is 11.7 Å². The smallest absolute Gasteiger partial charge is 0.165 e. The Hall–Kier alpha value is -2.05. The van der Waals surface area contributed by atoms with E-state index in [1.807, 2.05) is 12.1 Å². The van der Waals surface area contributed by atoms with Crippen LogP contribution in [0.4, 0.5) is 13.2 Å². The van der Waals surface area contributed by atoms with E-state index < -0.39 is 17.7 Å². The predicted octanol–water partition coefficient (Wildman–Crippen LogP) is 4.38. The molecule has 2 fully saturated rings. The molecule has 3 atom stereocenters. The standard InChI is InChI=1S/C23H27F3N2O/c1-15-2-3-16(10-20(15)24)12-27-8-6-18(13-27)28-9-7-19(22(26)14-28)17-4-5-23(29)21(25)11-17/h2-5,10-11,18-19,22,29H,6-9,12-14H2,1H3. The molecule has 0 spiro atoms. The summed E-state index contributed by atoms with van der Waals surface area (Å²) in [4.78, 5) is 4.50. The van der Waals surface area contributed by atoms with Crippen molar-refractivity contribution in [3.63, 3.8) is 0 Å². The number of nitrogens with zero attached hydrogens (tertiary/aromatic N) is 2. The minimum absolute atomic E-state index is 0.175. The zero-order chi connectivity index (χ0) is 20.5. The fourth-order valence-electron chi connectivity index (χ4n) is 4.64. The van der Waals surface area contributed by atoms with Crippen molar-refractivity contribution in [2.24, 2.45) is 0 Å². The molecule has 1 N–H and O–H groups in total. The first-order valence-electron chi connectivity index (χ1n) is 10.2. The minimum Gasteiger partial charge on any atom is -0.505 e. The molecule has 0 bridgehead atoms. The zero-order valence-electron chi connectivity index (χ0n) is 16.6. The lowest BCUT2D eigenvalue weighted by atomic mass is 9.87. The van der Waals surface area contributed by atoms with Gasteiger partial charge in [0.2, 0.25) is 0 Å². The molecule has 2 aliphatic rings. The van der Waals surface area contributed by atoms with Crippen LogP contribution >= 0.6 is 0 Å². The lowest BCUT2D eigenvalue weighted by molar-refractivity contribution is 0.0834. The van der Waals surface area contributed by atoms with Crippen molar-refractivity contribution in [1.29, 1.82) is 0 Å². The van der Waals surface area contributed by atoms with Crippen LogP contribution in [0.2, 0.25) is 0 Å². The van der Waals surface area contributed by atoms with Crippen LogP contribution in [0.15, 0.2) is 36.4 Å². The normalized spacial score (nSPS) is 26.1. The van der Waals surface area contributed by atoms with Gasteiger partial charge in [0.05, 0.1) is 0 Å². The summed E-state index contributed by atoms with van der Waals surface area (Å²) in [7, 11) is 0. The maximum atomic E-state index is 14.9. The summed E-state index contributed by atoms with van der Waals surface area (Å²) < 4.78 is 42.3. The molecule has 4 rings (SSSR count). The van der Waals surface area contributed by atoms with E-state index in [0.717, 1.165) is 31.6 Å². The third-order valence-electron chi connectivity index (χ3n) is 6.38. The number of likely N-dealkylation sites (tertiary alicyclic amines) is 2. The molecule has 2 heterocycles. The molecule has 0 aliphatic carbocycles. The number of benzene rings is 2. The number of alkyl halides is 1. The highest BCUT2D eigenvalue weighted by molar-refractivity contribution is 5.31. The van der Waals surface area contributed by atoms with Crippen molar-refractivity contribution in [3.05, 3.63) is 64.7 Å². The number of hydrogen-bond acceptors (Lipinski definition) is 3. The Labute approximate surface area is 169 Å². The fraction of sp³-hybridized carbons (Fsp3) is 0.478. The van der Waals surface area contributed by atoms with Crippen LogP contribution in [0, 0.1) is 18.6 Å². The van der Waals surface area contributed by atoms with Crippen molar-refractivity contribution in [2.75, 3.05) is 26.2 Å². The number of piperidine rings is 1. The number of aryl methyl sites for hydroxylation is 1. The van der Waals surface area contributed by atoms with Gasteiger partial charge in [-0.1, -0.05) is 18.2 Å². The Bertz CT molecular complexity index is 875. The predicted molar refractivity (Wildman–Crippen MR) is 107 cm³/mol. The van der Waals surface area contributed by atoms with Crippen molar-refractivity contribution >= 4 is 0 Å². The molecule has 156 valence electrons. The molecule has 2 aromatic carbocycles. The lowest BCUT2D eigenvalue weighted by Crippen LogP contribution is -2.47. The largest absolute Gasteiger partial charge is 0.505 e. The van der Waals surface area contributed by atoms with Crippen LogP contribution in [-0.2, 0) is 6.54 Å². The topological polar surface area (TPSA) is 26.7 Å². The molecule has 2 saturated heterocycles. The highest BCUT2D eigenvalue weighted by Crippen LogP contribution is 2.34. The fourth-order valence-corrected chi connectivity index (χ4v) is 4.64. The van der Waals surface area contributed by atoms with Crippen LogP contribution in [-0.4, -0.2) is 53.3 Å². The maximum Gasteiger partial charge on any atom is 0.165 e. The summed E-state index contributed by atoms with van der Waals surface area (Å²) in [5, 5.41) is 9.35.